The number of nitrogens with zero attached hydrogens (tertiary/aromatic N) is 2. The number of rotatable bonds is 7. The fourth-order valence-electron chi connectivity index (χ4n) is 4.36. The first-order chi connectivity index (χ1) is 16.8. The number of nitro groups is 1. The van der Waals surface area contributed by atoms with E-state index in [9.17, 15) is 24.8 Å². The molecule has 0 aliphatic carbocycles. The van der Waals surface area contributed by atoms with E-state index in [1.807, 2.05) is 6.92 Å². The zero-order chi connectivity index (χ0) is 25.2. The van der Waals surface area contributed by atoms with Crippen molar-refractivity contribution in [3.63, 3.8) is 0 Å². The van der Waals surface area contributed by atoms with Crippen LogP contribution >= 0.6 is 11.8 Å². The molecule has 3 atom stereocenters. The van der Waals surface area contributed by atoms with Crippen molar-refractivity contribution in [1.82, 2.24) is 9.97 Å². The number of thioether (sulfide) groups is 1. The summed E-state index contributed by atoms with van der Waals surface area (Å²) in [4.78, 5) is 44.6. The largest absolute Gasteiger partial charge is 0.466 e. The number of nitro benzene ring substituents is 1. The van der Waals surface area contributed by atoms with Gasteiger partial charge in [-0.2, -0.15) is 0 Å². The lowest BCUT2D eigenvalue weighted by atomic mass is 9.71. The number of esters is 1. The first-order valence-corrected chi connectivity index (χ1v) is 12.0. The molecular formula is C24H24N4O6S. The maximum atomic E-state index is 13.4. The van der Waals surface area contributed by atoms with Crippen molar-refractivity contribution in [3.8, 4) is 0 Å². The molecule has 1 aromatic heterocycles. The zero-order valence-electron chi connectivity index (χ0n) is 19.1. The zero-order valence-corrected chi connectivity index (χ0v) is 19.9. The van der Waals surface area contributed by atoms with Gasteiger partial charge in [0, 0.05) is 23.6 Å². The predicted octanol–water partition coefficient (Wildman–Crippen LogP) is 3.37. The van der Waals surface area contributed by atoms with Crippen molar-refractivity contribution in [2.24, 2.45) is 5.92 Å². The van der Waals surface area contributed by atoms with Gasteiger partial charge >= 0.3 is 5.97 Å². The van der Waals surface area contributed by atoms with E-state index in [2.05, 4.69) is 15.3 Å². The van der Waals surface area contributed by atoms with Crippen molar-refractivity contribution >= 4 is 29.2 Å². The van der Waals surface area contributed by atoms with E-state index in [0.29, 0.717) is 22.0 Å². The number of carbonyl (C=O) groups is 1. The molecule has 0 saturated carbocycles. The molecule has 35 heavy (non-hydrogen) atoms. The standard InChI is InChI=1S/C24H24N4O6S/c1-3-34-22(30)19-17(14-10-12-16(13-11-14)28(32)33)18-20(25-23(35-4-2)26-21(18)29)27-24(19,31)15-8-6-5-7-9-15/h5-13,17,19,31H,3-4H2,1-2H3,(H2,25,26,27,29)/t17-,19+,24+/m1/s1. The Labute approximate surface area is 204 Å². The van der Waals surface area contributed by atoms with E-state index < -0.39 is 34.0 Å². The number of benzene rings is 2. The smallest absolute Gasteiger partial charge is 0.315 e. The van der Waals surface area contributed by atoms with Crippen LogP contribution in [0.4, 0.5) is 11.5 Å². The Morgan fingerprint density at radius 3 is 2.49 bits per heavy atom. The molecule has 3 N–H and O–H groups in total. The third-order valence-corrected chi connectivity index (χ3v) is 6.59. The highest BCUT2D eigenvalue weighted by atomic mass is 32.2. The predicted molar refractivity (Wildman–Crippen MR) is 130 cm³/mol. The summed E-state index contributed by atoms with van der Waals surface area (Å²) < 4.78 is 5.35. The molecule has 1 aliphatic rings. The lowest BCUT2D eigenvalue weighted by Gasteiger charge is -2.44. The van der Waals surface area contributed by atoms with E-state index in [1.165, 1.54) is 36.0 Å². The molecule has 1 aliphatic heterocycles. The van der Waals surface area contributed by atoms with Crippen LogP contribution in [0.15, 0.2) is 64.5 Å². The molecule has 2 aromatic carbocycles. The molecule has 4 rings (SSSR count). The minimum absolute atomic E-state index is 0.0563. The third-order valence-electron chi connectivity index (χ3n) is 5.84. The molecule has 2 heterocycles. The minimum Gasteiger partial charge on any atom is -0.466 e. The molecular weight excluding hydrogens is 472 g/mol. The Morgan fingerprint density at radius 2 is 1.89 bits per heavy atom. The summed E-state index contributed by atoms with van der Waals surface area (Å²) in [6.45, 7) is 3.61. The lowest BCUT2D eigenvalue weighted by Crippen LogP contribution is -2.54. The number of carbonyl (C=O) groups excluding carboxylic acids is 1. The van der Waals surface area contributed by atoms with Crippen LogP contribution in [0.3, 0.4) is 0 Å². The first-order valence-electron chi connectivity index (χ1n) is 11.0. The maximum Gasteiger partial charge on any atom is 0.315 e. The number of hydrogen-bond donors (Lipinski definition) is 3. The Balaban J connectivity index is 2.01. The van der Waals surface area contributed by atoms with Crippen LogP contribution < -0.4 is 10.9 Å². The van der Waals surface area contributed by atoms with Crippen LogP contribution in [0.1, 0.15) is 36.5 Å². The molecule has 0 saturated heterocycles. The summed E-state index contributed by atoms with van der Waals surface area (Å²) in [7, 11) is 0. The first kappa shape index (κ1) is 24.4. The number of aromatic nitrogens is 2. The van der Waals surface area contributed by atoms with Gasteiger partial charge in [-0.15, -0.1) is 0 Å². The second-order valence-electron chi connectivity index (χ2n) is 7.88. The Bertz CT molecular complexity index is 1300. The number of nitrogens with one attached hydrogen (secondary N) is 2. The number of H-pyrrole nitrogens is 1. The monoisotopic (exact) mass is 496 g/mol. The minimum atomic E-state index is -1.98. The number of non-ortho nitro benzene ring substituents is 1. The van der Waals surface area contributed by atoms with Crippen LogP contribution in [-0.2, 0) is 15.3 Å². The van der Waals surface area contributed by atoms with Gasteiger partial charge in [0.25, 0.3) is 11.2 Å². The van der Waals surface area contributed by atoms with Crippen molar-refractivity contribution < 1.29 is 19.6 Å². The summed E-state index contributed by atoms with van der Waals surface area (Å²) in [6, 6.07) is 14.1. The van der Waals surface area contributed by atoms with Gasteiger partial charge in [0.2, 0.25) is 0 Å². The topological polar surface area (TPSA) is 147 Å². The van der Waals surface area contributed by atoms with E-state index in [1.54, 1.807) is 37.3 Å². The molecule has 0 amide bonds. The molecule has 10 nitrogen and oxygen atoms in total. The van der Waals surface area contributed by atoms with Gasteiger partial charge in [-0.1, -0.05) is 61.2 Å². The van der Waals surface area contributed by atoms with Gasteiger partial charge in [-0.25, -0.2) is 4.98 Å². The highest BCUT2D eigenvalue weighted by Crippen LogP contribution is 2.49. The quantitative estimate of drug-likeness (QED) is 0.147. The fourth-order valence-corrected chi connectivity index (χ4v) is 4.96. The van der Waals surface area contributed by atoms with E-state index in [4.69, 9.17) is 4.74 Å². The third kappa shape index (κ3) is 4.52. The van der Waals surface area contributed by atoms with E-state index >= 15 is 0 Å². The van der Waals surface area contributed by atoms with Gasteiger partial charge in [-0.3, -0.25) is 19.7 Å². The molecule has 0 unspecified atom stereocenters. The molecule has 0 radical (unpaired) electrons. The van der Waals surface area contributed by atoms with Crippen molar-refractivity contribution in [1.29, 1.82) is 0 Å². The highest BCUT2D eigenvalue weighted by molar-refractivity contribution is 7.99. The Kier molecular flexibility index (Phi) is 6.90. The van der Waals surface area contributed by atoms with Crippen LogP contribution in [0.5, 0.6) is 0 Å². The molecule has 0 fully saturated rings. The van der Waals surface area contributed by atoms with Gasteiger partial charge in [0.1, 0.15) is 11.7 Å². The van der Waals surface area contributed by atoms with Crippen molar-refractivity contribution in [3.05, 3.63) is 91.8 Å². The van der Waals surface area contributed by atoms with Crippen LogP contribution in [-0.4, -0.2) is 38.3 Å². The second kappa shape index (κ2) is 9.88. The Morgan fingerprint density at radius 1 is 1.20 bits per heavy atom. The normalized spacial score (nSPS) is 21.0. The molecule has 0 bridgehead atoms. The number of aliphatic hydroxyl groups is 1. The SMILES string of the molecule is CCOC(=O)[C@@H]1[C@H](c2ccc([N+](=O)[O-])cc2)c2c(nc(SCC)[nH]c2=O)N[C@]1(O)c1ccccc1. The molecule has 3 aromatic rings. The van der Waals surface area contributed by atoms with E-state index in [-0.39, 0.29) is 23.7 Å². The van der Waals surface area contributed by atoms with Crippen molar-refractivity contribution in [2.75, 3.05) is 17.7 Å². The fraction of sp³-hybridized carbons (Fsp3) is 0.292. The van der Waals surface area contributed by atoms with Gasteiger partial charge in [-0.05, 0) is 18.2 Å². The summed E-state index contributed by atoms with van der Waals surface area (Å²) in [5.74, 6) is -2.26. The number of hydrogen-bond acceptors (Lipinski definition) is 9. The molecule has 0 spiro atoms. The number of fused-ring (bicyclic) bond motifs is 1. The summed E-state index contributed by atoms with van der Waals surface area (Å²) in [5, 5.41) is 26.6. The highest BCUT2D eigenvalue weighted by Gasteiger charge is 2.54. The van der Waals surface area contributed by atoms with E-state index in [0.717, 1.165) is 0 Å². The number of aromatic amines is 1. The lowest BCUT2D eigenvalue weighted by molar-refractivity contribution is -0.384. The summed E-state index contributed by atoms with van der Waals surface area (Å²) in [6.07, 6.45) is 0. The average molecular weight is 497 g/mol. The molecule has 182 valence electrons. The van der Waals surface area contributed by atoms with Gasteiger partial charge < -0.3 is 20.1 Å². The number of anilines is 1. The summed E-state index contributed by atoms with van der Waals surface area (Å²) in [5.41, 5.74) is -1.67. The van der Waals surface area contributed by atoms with Gasteiger partial charge in [0.05, 0.1) is 17.1 Å². The maximum absolute atomic E-state index is 13.4. The van der Waals surface area contributed by atoms with Crippen LogP contribution in [0, 0.1) is 16.0 Å². The number of ether oxygens (including phenoxy) is 1. The van der Waals surface area contributed by atoms with Crippen molar-refractivity contribution in [2.45, 2.75) is 30.6 Å². The summed E-state index contributed by atoms with van der Waals surface area (Å²) >= 11 is 1.32. The molecule has 11 heteroatoms. The van der Waals surface area contributed by atoms with Crippen LogP contribution in [0.25, 0.3) is 0 Å². The van der Waals surface area contributed by atoms with Crippen LogP contribution in [0.2, 0.25) is 0 Å². The Hall–Kier alpha value is -3.70. The van der Waals surface area contributed by atoms with Gasteiger partial charge in [0.15, 0.2) is 10.9 Å². The average Bonchev–Trinajstić information content (AvgIpc) is 2.84. The second-order valence-corrected chi connectivity index (χ2v) is 9.13.